The zero-order valence-electron chi connectivity index (χ0n) is 11.8. The quantitative estimate of drug-likeness (QED) is 0.741. The number of likely N-dealkylation sites (tertiary alicyclic amines) is 1. The van der Waals surface area contributed by atoms with Crippen LogP contribution in [0.3, 0.4) is 0 Å². The number of piperidine rings is 1. The molecule has 1 saturated heterocycles. The molecule has 1 N–H and O–H groups in total. The SMILES string of the molecule is CC1(C)CCCN(CCCNC2CCCC2)C1. The van der Waals surface area contributed by atoms with Crippen molar-refractivity contribution in [1.82, 2.24) is 10.2 Å². The van der Waals surface area contributed by atoms with E-state index < -0.39 is 0 Å². The van der Waals surface area contributed by atoms with E-state index in [1.54, 1.807) is 0 Å². The van der Waals surface area contributed by atoms with E-state index in [9.17, 15) is 0 Å². The zero-order valence-corrected chi connectivity index (χ0v) is 11.8. The first kappa shape index (κ1) is 13.4. The summed E-state index contributed by atoms with van der Waals surface area (Å²) in [6, 6.07) is 0.841. The van der Waals surface area contributed by atoms with Crippen LogP contribution in [0.25, 0.3) is 0 Å². The Bertz CT molecular complexity index is 219. The summed E-state index contributed by atoms with van der Waals surface area (Å²) in [4.78, 5) is 2.67. The van der Waals surface area contributed by atoms with Crippen LogP contribution in [0.2, 0.25) is 0 Å². The molecule has 0 aromatic carbocycles. The highest BCUT2D eigenvalue weighted by atomic mass is 15.1. The van der Waals surface area contributed by atoms with Gasteiger partial charge in [-0.05, 0) is 57.2 Å². The van der Waals surface area contributed by atoms with Gasteiger partial charge >= 0.3 is 0 Å². The third kappa shape index (κ3) is 4.59. The van der Waals surface area contributed by atoms with Crippen LogP contribution in [0.5, 0.6) is 0 Å². The third-order valence-corrected chi connectivity index (χ3v) is 4.42. The number of hydrogen-bond acceptors (Lipinski definition) is 2. The van der Waals surface area contributed by atoms with Crippen molar-refractivity contribution in [2.24, 2.45) is 5.41 Å². The smallest absolute Gasteiger partial charge is 0.00670 e. The Morgan fingerprint density at radius 1 is 1.18 bits per heavy atom. The van der Waals surface area contributed by atoms with Gasteiger partial charge in [0.1, 0.15) is 0 Å². The van der Waals surface area contributed by atoms with E-state index in [0.29, 0.717) is 5.41 Å². The predicted octanol–water partition coefficient (Wildman–Crippen LogP) is 3.03. The average molecular weight is 238 g/mol. The molecule has 0 spiro atoms. The van der Waals surface area contributed by atoms with Crippen LogP contribution in [-0.4, -0.2) is 37.1 Å². The predicted molar refractivity (Wildman–Crippen MR) is 74.3 cm³/mol. The largest absolute Gasteiger partial charge is 0.314 e. The molecular formula is C15H30N2. The van der Waals surface area contributed by atoms with Crippen LogP contribution >= 0.6 is 0 Å². The summed E-state index contributed by atoms with van der Waals surface area (Å²) in [6.07, 6.45) is 9.84. The molecular weight excluding hydrogens is 208 g/mol. The normalized spacial score (nSPS) is 26.5. The van der Waals surface area contributed by atoms with Gasteiger partial charge in [0, 0.05) is 12.6 Å². The maximum atomic E-state index is 3.72. The highest BCUT2D eigenvalue weighted by molar-refractivity contribution is 4.80. The Hall–Kier alpha value is -0.0800. The first-order valence-corrected chi connectivity index (χ1v) is 7.61. The summed E-state index contributed by atoms with van der Waals surface area (Å²) >= 11 is 0. The van der Waals surface area contributed by atoms with Crippen LogP contribution in [0.1, 0.15) is 58.8 Å². The molecule has 2 nitrogen and oxygen atoms in total. The van der Waals surface area contributed by atoms with E-state index in [1.807, 2.05) is 0 Å². The van der Waals surface area contributed by atoms with E-state index in [0.717, 1.165) is 6.04 Å². The van der Waals surface area contributed by atoms with Crippen molar-refractivity contribution in [3.63, 3.8) is 0 Å². The van der Waals surface area contributed by atoms with Gasteiger partial charge in [0.05, 0.1) is 0 Å². The van der Waals surface area contributed by atoms with E-state index in [-0.39, 0.29) is 0 Å². The fourth-order valence-electron chi connectivity index (χ4n) is 3.47. The fraction of sp³-hybridized carbons (Fsp3) is 1.00. The van der Waals surface area contributed by atoms with Crippen LogP contribution < -0.4 is 5.32 Å². The summed E-state index contributed by atoms with van der Waals surface area (Å²) in [6.45, 7) is 9.97. The summed E-state index contributed by atoms with van der Waals surface area (Å²) in [5.41, 5.74) is 0.553. The Kier molecular flexibility index (Phi) is 4.87. The Morgan fingerprint density at radius 3 is 2.65 bits per heavy atom. The lowest BCUT2D eigenvalue weighted by molar-refractivity contribution is 0.116. The molecule has 0 unspecified atom stereocenters. The van der Waals surface area contributed by atoms with Crippen molar-refractivity contribution in [2.45, 2.75) is 64.8 Å². The first-order valence-electron chi connectivity index (χ1n) is 7.61. The molecule has 1 heterocycles. The molecule has 2 aliphatic rings. The van der Waals surface area contributed by atoms with Gasteiger partial charge in [-0.15, -0.1) is 0 Å². The number of nitrogens with one attached hydrogen (secondary N) is 1. The van der Waals surface area contributed by atoms with Gasteiger partial charge in [-0.3, -0.25) is 0 Å². The molecule has 0 aromatic heterocycles. The lowest BCUT2D eigenvalue weighted by atomic mass is 9.84. The molecule has 100 valence electrons. The van der Waals surface area contributed by atoms with E-state index in [1.165, 1.54) is 71.1 Å². The second kappa shape index (κ2) is 6.19. The average Bonchev–Trinajstić information content (AvgIpc) is 2.76. The standard InChI is InChI=1S/C15H30N2/c1-15(2)9-5-11-17(13-15)12-6-10-16-14-7-3-4-8-14/h14,16H,3-13H2,1-2H3. The minimum absolute atomic E-state index is 0.553. The fourth-order valence-corrected chi connectivity index (χ4v) is 3.47. The highest BCUT2D eigenvalue weighted by Crippen LogP contribution is 2.28. The topological polar surface area (TPSA) is 15.3 Å². The van der Waals surface area contributed by atoms with Gasteiger partial charge in [-0.25, -0.2) is 0 Å². The highest BCUT2D eigenvalue weighted by Gasteiger charge is 2.25. The van der Waals surface area contributed by atoms with Crippen LogP contribution in [0.4, 0.5) is 0 Å². The first-order chi connectivity index (χ1) is 8.16. The van der Waals surface area contributed by atoms with Gasteiger partial charge in [0.25, 0.3) is 0 Å². The van der Waals surface area contributed by atoms with Gasteiger partial charge in [0.15, 0.2) is 0 Å². The number of hydrogen-bond donors (Lipinski definition) is 1. The summed E-state index contributed by atoms with van der Waals surface area (Å²) < 4.78 is 0. The van der Waals surface area contributed by atoms with Crippen LogP contribution in [0.15, 0.2) is 0 Å². The summed E-state index contributed by atoms with van der Waals surface area (Å²) in [7, 11) is 0. The second-order valence-electron chi connectivity index (χ2n) is 6.83. The number of rotatable bonds is 5. The van der Waals surface area contributed by atoms with Gasteiger partial charge in [-0.1, -0.05) is 26.7 Å². The molecule has 1 aliphatic carbocycles. The van der Waals surface area contributed by atoms with Crippen molar-refractivity contribution in [1.29, 1.82) is 0 Å². The minimum Gasteiger partial charge on any atom is -0.314 e. The molecule has 0 atom stereocenters. The lowest BCUT2D eigenvalue weighted by Gasteiger charge is -2.38. The van der Waals surface area contributed by atoms with Crippen LogP contribution in [-0.2, 0) is 0 Å². The van der Waals surface area contributed by atoms with Crippen molar-refractivity contribution >= 4 is 0 Å². The molecule has 0 aromatic rings. The van der Waals surface area contributed by atoms with Crippen LogP contribution in [0, 0.1) is 5.41 Å². The third-order valence-electron chi connectivity index (χ3n) is 4.42. The maximum Gasteiger partial charge on any atom is 0.00670 e. The molecule has 0 radical (unpaired) electrons. The molecule has 0 amide bonds. The van der Waals surface area contributed by atoms with E-state index in [4.69, 9.17) is 0 Å². The van der Waals surface area contributed by atoms with Crippen molar-refractivity contribution < 1.29 is 0 Å². The van der Waals surface area contributed by atoms with Crippen molar-refractivity contribution in [2.75, 3.05) is 26.2 Å². The second-order valence-corrected chi connectivity index (χ2v) is 6.83. The molecule has 1 aliphatic heterocycles. The maximum absolute atomic E-state index is 3.72. The molecule has 17 heavy (non-hydrogen) atoms. The zero-order chi connectivity index (χ0) is 12.1. The summed E-state index contributed by atoms with van der Waals surface area (Å²) in [5, 5.41) is 3.72. The lowest BCUT2D eigenvalue weighted by Crippen LogP contribution is -2.41. The number of nitrogens with zero attached hydrogens (tertiary/aromatic N) is 1. The molecule has 1 saturated carbocycles. The molecule has 0 bridgehead atoms. The Balaban J connectivity index is 1.55. The van der Waals surface area contributed by atoms with E-state index >= 15 is 0 Å². The van der Waals surface area contributed by atoms with Gasteiger partial charge in [0.2, 0.25) is 0 Å². The molecule has 2 rings (SSSR count). The minimum atomic E-state index is 0.553. The van der Waals surface area contributed by atoms with Crippen molar-refractivity contribution in [3.8, 4) is 0 Å². The van der Waals surface area contributed by atoms with E-state index in [2.05, 4.69) is 24.1 Å². The Morgan fingerprint density at radius 2 is 1.94 bits per heavy atom. The molecule has 2 heteroatoms. The monoisotopic (exact) mass is 238 g/mol. The van der Waals surface area contributed by atoms with Crippen molar-refractivity contribution in [3.05, 3.63) is 0 Å². The molecule has 2 fully saturated rings. The van der Waals surface area contributed by atoms with Gasteiger partial charge < -0.3 is 10.2 Å². The summed E-state index contributed by atoms with van der Waals surface area (Å²) in [5.74, 6) is 0. The Labute approximate surface area is 107 Å². The van der Waals surface area contributed by atoms with Gasteiger partial charge in [-0.2, -0.15) is 0 Å².